The van der Waals surface area contributed by atoms with Gasteiger partial charge in [-0.15, -0.1) is 0 Å². The van der Waals surface area contributed by atoms with Crippen LogP contribution in [0.1, 0.15) is 17.5 Å². The van der Waals surface area contributed by atoms with Gasteiger partial charge in [-0.3, -0.25) is 0 Å². The molecule has 0 saturated carbocycles. The van der Waals surface area contributed by atoms with Gasteiger partial charge >= 0.3 is 6.18 Å². The Balaban J connectivity index is 2.01. The lowest BCUT2D eigenvalue weighted by atomic mass is 9.96. The average molecular weight is 277 g/mol. The van der Waals surface area contributed by atoms with Crippen LogP contribution < -0.4 is 5.32 Å². The lowest BCUT2D eigenvalue weighted by Gasteiger charge is -2.19. The third-order valence-corrected chi connectivity index (χ3v) is 3.57. The Hall–Kier alpha value is -1.97. The summed E-state index contributed by atoms with van der Waals surface area (Å²) in [5.41, 5.74) is 3.09. The van der Waals surface area contributed by atoms with Gasteiger partial charge in [0.25, 0.3) is 0 Å². The number of alkyl halides is 3. The normalized spacial score (nSPS) is 14.6. The molecule has 2 aromatic rings. The minimum atomic E-state index is -4.30. The molecule has 1 heterocycles. The predicted molar refractivity (Wildman–Crippen MR) is 73.7 cm³/mol. The van der Waals surface area contributed by atoms with Gasteiger partial charge in [0.1, 0.15) is 0 Å². The summed E-state index contributed by atoms with van der Waals surface area (Å²) in [5, 5.41) is 3.30. The lowest BCUT2D eigenvalue weighted by Crippen LogP contribution is -2.11. The third kappa shape index (κ3) is 2.50. The second-order valence-electron chi connectivity index (χ2n) is 4.98. The van der Waals surface area contributed by atoms with Crippen molar-refractivity contribution in [1.82, 2.24) is 0 Å². The monoisotopic (exact) mass is 277 g/mol. The molecule has 0 atom stereocenters. The number of halogens is 3. The van der Waals surface area contributed by atoms with E-state index < -0.39 is 11.7 Å². The molecule has 0 fully saturated rings. The summed E-state index contributed by atoms with van der Waals surface area (Å²) in [7, 11) is 0. The van der Waals surface area contributed by atoms with Crippen molar-refractivity contribution >= 4 is 5.69 Å². The summed E-state index contributed by atoms with van der Waals surface area (Å²) in [6, 6.07) is 11.3. The maximum Gasteiger partial charge on any atom is 0.416 e. The van der Waals surface area contributed by atoms with Crippen molar-refractivity contribution in [1.29, 1.82) is 0 Å². The van der Waals surface area contributed by atoms with E-state index in [-0.39, 0.29) is 0 Å². The summed E-state index contributed by atoms with van der Waals surface area (Å²) >= 11 is 0. The van der Waals surface area contributed by atoms with Crippen molar-refractivity contribution in [3.8, 4) is 11.1 Å². The van der Waals surface area contributed by atoms with E-state index in [0.29, 0.717) is 5.56 Å². The van der Waals surface area contributed by atoms with E-state index in [9.17, 15) is 13.2 Å². The van der Waals surface area contributed by atoms with E-state index in [2.05, 4.69) is 5.32 Å². The van der Waals surface area contributed by atoms with Gasteiger partial charge < -0.3 is 5.32 Å². The summed E-state index contributed by atoms with van der Waals surface area (Å²) in [4.78, 5) is 0. The lowest BCUT2D eigenvalue weighted by molar-refractivity contribution is -0.137. The maximum absolute atomic E-state index is 12.7. The number of hydrogen-bond acceptors (Lipinski definition) is 1. The highest BCUT2D eigenvalue weighted by molar-refractivity contribution is 5.69. The van der Waals surface area contributed by atoms with Crippen LogP contribution in [0.25, 0.3) is 11.1 Å². The number of aryl methyl sites for hydroxylation is 1. The molecular weight excluding hydrogens is 263 g/mol. The zero-order chi connectivity index (χ0) is 14.2. The van der Waals surface area contributed by atoms with E-state index >= 15 is 0 Å². The van der Waals surface area contributed by atoms with E-state index in [1.807, 2.05) is 18.2 Å². The molecule has 0 aliphatic carbocycles. The molecule has 1 nitrogen and oxygen atoms in total. The van der Waals surface area contributed by atoms with Crippen LogP contribution >= 0.6 is 0 Å². The summed E-state index contributed by atoms with van der Waals surface area (Å²) in [6.45, 7) is 0.954. The number of benzene rings is 2. The minimum absolute atomic E-state index is 0.605. The molecule has 0 spiro atoms. The Bertz CT molecular complexity index is 632. The van der Waals surface area contributed by atoms with E-state index in [4.69, 9.17) is 0 Å². The molecule has 4 heteroatoms. The molecule has 0 bridgehead atoms. The highest BCUT2D eigenvalue weighted by Gasteiger charge is 2.30. The summed E-state index contributed by atoms with van der Waals surface area (Å²) in [6.07, 6.45) is -2.28. The predicted octanol–water partition coefficient (Wildman–Crippen LogP) is 4.73. The molecule has 1 aliphatic rings. The highest BCUT2D eigenvalue weighted by atomic mass is 19.4. The molecule has 0 radical (unpaired) electrons. The number of fused-ring (bicyclic) bond motifs is 1. The molecule has 0 amide bonds. The Morgan fingerprint density at radius 2 is 1.75 bits per heavy atom. The van der Waals surface area contributed by atoms with Gasteiger partial charge in [0.05, 0.1) is 5.56 Å². The van der Waals surface area contributed by atoms with Gasteiger partial charge in [0.15, 0.2) is 0 Å². The Labute approximate surface area is 115 Å². The van der Waals surface area contributed by atoms with Gasteiger partial charge in [-0.1, -0.05) is 18.2 Å². The van der Waals surface area contributed by atoms with Crippen LogP contribution in [-0.2, 0) is 12.6 Å². The van der Waals surface area contributed by atoms with Crippen molar-refractivity contribution in [3.63, 3.8) is 0 Å². The molecule has 0 saturated heterocycles. The molecule has 0 unspecified atom stereocenters. The van der Waals surface area contributed by atoms with Crippen LogP contribution in [-0.4, -0.2) is 6.54 Å². The maximum atomic E-state index is 12.7. The van der Waals surface area contributed by atoms with Crippen molar-refractivity contribution in [2.24, 2.45) is 0 Å². The summed E-state index contributed by atoms with van der Waals surface area (Å²) in [5.74, 6) is 0. The highest BCUT2D eigenvalue weighted by Crippen LogP contribution is 2.33. The number of nitrogens with one attached hydrogen (secondary N) is 1. The quantitative estimate of drug-likeness (QED) is 0.794. The van der Waals surface area contributed by atoms with Crippen molar-refractivity contribution < 1.29 is 13.2 Å². The van der Waals surface area contributed by atoms with Crippen LogP contribution in [0, 0.1) is 0 Å². The first-order valence-corrected chi connectivity index (χ1v) is 6.58. The van der Waals surface area contributed by atoms with Gasteiger partial charge in [-0.25, -0.2) is 0 Å². The Morgan fingerprint density at radius 3 is 2.55 bits per heavy atom. The topological polar surface area (TPSA) is 12.0 Å². The Kier molecular flexibility index (Phi) is 3.16. The standard InChI is InChI=1S/C16H14F3N/c17-16(18,19)14-5-1-3-11(10-14)12-6-7-15-13(9-12)4-2-8-20-15/h1,3,5-7,9-10,20H,2,4,8H2. The van der Waals surface area contributed by atoms with Crippen molar-refractivity contribution in [2.75, 3.05) is 11.9 Å². The fourth-order valence-electron chi connectivity index (χ4n) is 2.53. The van der Waals surface area contributed by atoms with Crippen LogP contribution in [0.2, 0.25) is 0 Å². The second-order valence-corrected chi connectivity index (χ2v) is 4.98. The molecule has 1 N–H and O–H groups in total. The van der Waals surface area contributed by atoms with Crippen LogP contribution in [0.5, 0.6) is 0 Å². The fraction of sp³-hybridized carbons (Fsp3) is 0.250. The van der Waals surface area contributed by atoms with E-state index in [1.54, 1.807) is 6.07 Å². The fourth-order valence-corrected chi connectivity index (χ4v) is 2.53. The van der Waals surface area contributed by atoms with Crippen LogP contribution in [0.15, 0.2) is 42.5 Å². The van der Waals surface area contributed by atoms with Gasteiger partial charge in [0.2, 0.25) is 0 Å². The largest absolute Gasteiger partial charge is 0.416 e. The molecule has 20 heavy (non-hydrogen) atoms. The first-order chi connectivity index (χ1) is 9.54. The SMILES string of the molecule is FC(F)(F)c1cccc(-c2ccc3c(c2)CCCN3)c1. The molecule has 3 rings (SSSR count). The first-order valence-electron chi connectivity index (χ1n) is 6.58. The average Bonchev–Trinajstić information content (AvgIpc) is 2.46. The zero-order valence-electron chi connectivity index (χ0n) is 10.8. The molecule has 1 aliphatic heterocycles. The van der Waals surface area contributed by atoms with Crippen LogP contribution in [0.3, 0.4) is 0 Å². The van der Waals surface area contributed by atoms with Crippen molar-refractivity contribution in [3.05, 3.63) is 53.6 Å². The van der Waals surface area contributed by atoms with Gasteiger partial charge in [-0.2, -0.15) is 13.2 Å². The first kappa shape index (κ1) is 13.0. The second kappa shape index (κ2) is 4.85. The van der Waals surface area contributed by atoms with Crippen LogP contribution in [0.4, 0.5) is 18.9 Å². The van der Waals surface area contributed by atoms with Crippen molar-refractivity contribution in [2.45, 2.75) is 19.0 Å². The Morgan fingerprint density at radius 1 is 0.950 bits per heavy atom. The number of rotatable bonds is 1. The van der Waals surface area contributed by atoms with E-state index in [1.165, 1.54) is 17.7 Å². The molecule has 104 valence electrons. The molecule has 2 aromatic carbocycles. The minimum Gasteiger partial charge on any atom is -0.385 e. The number of hydrogen-bond donors (Lipinski definition) is 1. The van der Waals surface area contributed by atoms with E-state index in [0.717, 1.165) is 36.7 Å². The molecule has 0 aromatic heterocycles. The number of anilines is 1. The zero-order valence-corrected chi connectivity index (χ0v) is 10.8. The smallest absolute Gasteiger partial charge is 0.385 e. The third-order valence-electron chi connectivity index (χ3n) is 3.57. The molecular formula is C16H14F3N. The summed E-state index contributed by atoms with van der Waals surface area (Å²) < 4.78 is 38.2. The van der Waals surface area contributed by atoms with Gasteiger partial charge in [-0.05, 0) is 53.8 Å². The van der Waals surface area contributed by atoms with Gasteiger partial charge in [0, 0.05) is 12.2 Å².